The topological polar surface area (TPSA) is 23.8 Å². The largest absolute Gasteiger partial charge is 0.205 e. The molecule has 0 bridgehead atoms. The van der Waals surface area contributed by atoms with Crippen LogP contribution < -0.4 is 0 Å². The Hall–Kier alpha value is -1.43. The van der Waals surface area contributed by atoms with E-state index in [9.17, 15) is 8.78 Å². The second kappa shape index (κ2) is 8.51. The Balaban J connectivity index is 1.57. The van der Waals surface area contributed by atoms with Crippen LogP contribution in [0.1, 0.15) is 88.7 Å². The molecular formula is C23H31F2N. The van der Waals surface area contributed by atoms with E-state index in [0.717, 1.165) is 54.9 Å². The van der Waals surface area contributed by atoms with Crippen molar-refractivity contribution in [3.8, 4) is 6.07 Å². The Bertz CT molecular complexity index is 624. The lowest BCUT2D eigenvalue weighted by atomic mass is 9.66. The first-order chi connectivity index (χ1) is 12.5. The van der Waals surface area contributed by atoms with Crippen LogP contribution in [-0.4, -0.2) is 0 Å². The van der Waals surface area contributed by atoms with Gasteiger partial charge in [0.1, 0.15) is 23.3 Å². The van der Waals surface area contributed by atoms with Gasteiger partial charge in [-0.05, 0) is 85.8 Å². The minimum absolute atomic E-state index is 0.228. The van der Waals surface area contributed by atoms with E-state index < -0.39 is 17.2 Å². The van der Waals surface area contributed by atoms with Crippen molar-refractivity contribution in [3.05, 3.63) is 34.9 Å². The molecule has 0 N–H and O–H groups in total. The molecule has 0 aromatic heterocycles. The van der Waals surface area contributed by atoms with E-state index in [0.29, 0.717) is 0 Å². The molecule has 1 nitrogen and oxygen atoms in total. The molecule has 2 aliphatic rings. The molecule has 1 aromatic carbocycles. The first-order valence-corrected chi connectivity index (χ1v) is 10.4. The Morgan fingerprint density at radius 2 is 1.46 bits per heavy atom. The van der Waals surface area contributed by atoms with E-state index in [1.54, 1.807) is 6.07 Å². The number of hydrogen-bond donors (Lipinski definition) is 0. The number of nitrogens with zero attached hydrogens (tertiary/aromatic N) is 1. The van der Waals surface area contributed by atoms with Crippen molar-refractivity contribution < 1.29 is 8.78 Å². The van der Waals surface area contributed by atoms with Gasteiger partial charge in [-0.25, -0.2) is 8.78 Å². The van der Waals surface area contributed by atoms with Gasteiger partial charge in [-0.1, -0.05) is 33.1 Å². The Morgan fingerprint density at radius 1 is 0.962 bits per heavy atom. The molecule has 0 aliphatic heterocycles. The highest BCUT2D eigenvalue weighted by atomic mass is 19.1. The lowest BCUT2D eigenvalue weighted by molar-refractivity contribution is 0.133. The molecule has 2 saturated carbocycles. The molecular weight excluding hydrogens is 328 g/mol. The van der Waals surface area contributed by atoms with Gasteiger partial charge < -0.3 is 0 Å². The highest BCUT2D eigenvalue weighted by Gasteiger charge is 2.32. The number of benzene rings is 1. The van der Waals surface area contributed by atoms with Crippen molar-refractivity contribution in [2.45, 2.75) is 77.6 Å². The third-order valence-corrected chi connectivity index (χ3v) is 7.38. The molecule has 142 valence electrons. The van der Waals surface area contributed by atoms with Crippen molar-refractivity contribution in [1.29, 1.82) is 5.26 Å². The standard InChI is InChI=1S/C23H31F2N/c1-3-16-4-6-17(7-5-16)15(2)18-8-10-19(11-9-18)20-12-22(24)21(14-26)23(25)13-20/h12-13,15-19H,3-11H2,1-2H3/t15?,16?,17?,18-,19-. The lowest BCUT2D eigenvalue weighted by Crippen LogP contribution is -2.28. The van der Waals surface area contributed by atoms with Gasteiger partial charge in [-0.3, -0.25) is 0 Å². The first-order valence-electron chi connectivity index (χ1n) is 10.4. The van der Waals surface area contributed by atoms with Gasteiger partial charge in [0.05, 0.1) is 0 Å². The summed E-state index contributed by atoms with van der Waals surface area (Å²) >= 11 is 0. The third-order valence-electron chi connectivity index (χ3n) is 7.38. The van der Waals surface area contributed by atoms with Crippen LogP contribution >= 0.6 is 0 Å². The fourth-order valence-electron chi connectivity index (χ4n) is 5.42. The van der Waals surface area contributed by atoms with Crippen molar-refractivity contribution in [2.24, 2.45) is 23.7 Å². The maximum Gasteiger partial charge on any atom is 0.144 e. The average molecular weight is 360 g/mol. The summed E-state index contributed by atoms with van der Waals surface area (Å²) in [7, 11) is 0. The van der Waals surface area contributed by atoms with Gasteiger partial charge in [-0.2, -0.15) is 5.26 Å². The van der Waals surface area contributed by atoms with Gasteiger partial charge in [-0.15, -0.1) is 0 Å². The molecule has 26 heavy (non-hydrogen) atoms. The first kappa shape index (κ1) is 19.3. The summed E-state index contributed by atoms with van der Waals surface area (Å²) in [6.45, 7) is 4.74. The van der Waals surface area contributed by atoms with Crippen LogP contribution in [0.3, 0.4) is 0 Å². The van der Waals surface area contributed by atoms with Crippen molar-refractivity contribution in [3.63, 3.8) is 0 Å². The minimum Gasteiger partial charge on any atom is -0.205 e. The van der Waals surface area contributed by atoms with Crippen LogP contribution in [0.4, 0.5) is 8.78 Å². The Labute approximate surface area is 156 Å². The van der Waals surface area contributed by atoms with Gasteiger partial charge >= 0.3 is 0 Å². The molecule has 0 amide bonds. The Morgan fingerprint density at radius 3 is 1.92 bits per heavy atom. The van der Waals surface area contributed by atoms with Gasteiger partial charge in [0.25, 0.3) is 0 Å². The van der Waals surface area contributed by atoms with E-state index in [2.05, 4.69) is 13.8 Å². The fraction of sp³-hybridized carbons (Fsp3) is 0.696. The third kappa shape index (κ3) is 4.11. The summed E-state index contributed by atoms with van der Waals surface area (Å²) in [5.41, 5.74) is 0.271. The second-order valence-corrected chi connectivity index (χ2v) is 8.63. The molecule has 3 heteroatoms. The summed E-state index contributed by atoms with van der Waals surface area (Å²) in [5, 5.41) is 8.82. The lowest BCUT2D eigenvalue weighted by Gasteiger charge is -2.39. The summed E-state index contributed by atoms with van der Waals surface area (Å²) in [4.78, 5) is 0. The zero-order chi connectivity index (χ0) is 18.7. The number of rotatable bonds is 4. The van der Waals surface area contributed by atoms with Crippen LogP contribution in [0, 0.1) is 46.6 Å². The summed E-state index contributed by atoms with van der Waals surface area (Å²) < 4.78 is 27.8. The normalized spacial score (nSPS) is 30.6. The SMILES string of the molecule is CCC1CCC(C(C)[C@H]2CC[C@H](c3cc(F)c(C#N)c(F)c3)CC2)CC1. The van der Waals surface area contributed by atoms with E-state index >= 15 is 0 Å². The Kier molecular flexibility index (Phi) is 6.33. The zero-order valence-electron chi connectivity index (χ0n) is 16.1. The van der Waals surface area contributed by atoms with E-state index in [-0.39, 0.29) is 5.92 Å². The molecule has 0 saturated heterocycles. The van der Waals surface area contributed by atoms with E-state index in [1.165, 1.54) is 44.2 Å². The maximum atomic E-state index is 13.9. The van der Waals surface area contributed by atoms with Crippen molar-refractivity contribution in [1.82, 2.24) is 0 Å². The second-order valence-electron chi connectivity index (χ2n) is 8.63. The minimum atomic E-state index is -0.717. The average Bonchev–Trinajstić information content (AvgIpc) is 2.67. The predicted molar refractivity (Wildman–Crippen MR) is 101 cm³/mol. The maximum absolute atomic E-state index is 13.9. The van der Waals surface area contributed by atoms with Crippen LogP contribution in [-0.2, 0) is 0 Å². The number of nitriles is 1. The molecule has 1 unspecified atom stereocenters. The van der Waals surface area contributed by atoms with Crippen LogP contribution in [0.25, 0.3) is 0 Å². The smallest absolute Gasteiger partial charge is 0.144 e. The van der Waals surface area contributed by atoms with Crippen LogP contribution in [0.2, 0.25) is 0 Å². The summed E-state index contributed by atoms with van der Waals surface area (Å²) in [5.74, 6) is 2.12. The highest BCUT2D eigenvalue weighted by molar-refractivity contribution is 5.36. The predicted octanol–water partition coefficient (Wildman–Crippen LogP) is 6.96. The molecule has 2 fully saturated rings. The summed E-state index contributed by atoms with van der Waals surface area (Å²) in [6.07, 6.45) is 11.2. The van der Waals surface area contributed by atoms with E-state index in [1.807, 2.05) is 0 Å². The molecule has 3 rings (SSSR count). The molecule has 0 heterocycles. The molecule has 0 radical (unpaired) electrons. The monoisotopic (exact) mass is 359 g/mol. The summed E-state index contributed by atoms with van der Waals surface area (Å²) in [6, 6.07) is 4.36. The van der Waals surface area contributed by atoms with Gasteiger partial charge in [0.2, 0.25) is 0 Å². The highest BCUT2D eigenvalue weighted by Crippen LogP contribution is 2.44. The van der Waals surface area contributed by atoms with Crippen LogP contribution in [0.5, 0.6) is 0 Å². The van der Waals surface area contributed by atoms with E-state index in [4.69, 9.17) is 5.26 Å². The molecule has 0 spiro atoms. The number of halogens is 2. The van der Waals surface area contributed by atoms with Crippen LogP contribution in [0.15, 0.2) is 12.1 Å². The van der Waals surface area contributed by atoms with Crippen molar-refractivity contribution in [2.75, 3.05) is 0 Å². The van der Waals surface area contributed by atoms with Gasteiger partial charge in [0.15, 0.2) is 0 Å². The quantitative estimate of drug-likeness (QED) is 0.570. The zero-order valence-corrected chi connectivity index (χ0v) is 16.1. The number of hydrogen-bond acceptors (Lipinski definition) is 1. The van der Waals surface area contributed by atoms with Gasteiger partial charge in [0, 0.05) is 0 Å². The fourth-order valence-corrected chi connectivity index (χ4v) is 5.42. The molecule has 1 aromatic rings. The molecule has 1 atom stereocenters. The molecule has 2 aliphatic carbocycles. The van der Waals surface area contributed by atoms with Crippen molar-refractivity contribution >= 4 is 0 Å².